The minimum absolute atomic E-state index is 0.537. The van der Waals surface area contributed by atoms with Crippen LogP contribution in [0.4, 0.5) is 5.82 Å². The highest BCUT2D eigenvalue weighted by Gasteiger charge is 2.35. The number of pyridine rings is 1. The molecule has 1 saturated heterocycles. The van der Waals surface area contributed by atoms with E-state index in [2.05, 4.69) is 22.0 Å². The zero-order valence-corrected chi connectivity index (χ0v) is 10.3. The van der Waals surface area contributed by atoms with Crippen LogP contribution in [0.25, 0.3) is 0 Å². The largest absolute Gasteiger partial charge is 0.353 e. The van der Waals surface area contributed by atoms with Crippen molar-refractivity contribution in [1.82, 2.24) is 4.98 Å². The van der Waals surface area contributed by atoms with Crippen LogP contribution in [0.3, 0.4) is 0 Å². The van der Waals surface area contributed by atoms with Crippen molar-refractivity contribution >= 4 is 5.82 Å². The summed E-state index contributed by atoms with van der Waals surface area (Å²) in [7, 11) is 0. The lowest BCUT2D eigenvalue weighted by atomic mass is 9.92. The Hall–Kier alpha value is -1.09. The highest BCUT2D eigenvalue weighted by atomic mass is 15.2. The third-order valence-electron chi connectivity index (χ3n) is 4.29. The SMILES string of the molecule is NCc1cccc(N2CCCC3CCCC32)n1. The van der Waals surface area contributed by atoms with Crippen molar-refractivity contribution < 1.29 is 0 Å². The standard InChI is InChI=1S/C14H21N3/c15-10-12-6-2-8-14(16-12)17-9-3-5-11-4-1-7-13(11)17/h2,6,8,11,13H,1,3-5,7,9-10,15H2. The fourth-order valence-electron chi connectivity index (χ4n) is 3.48. The van der Waals surface area contributed by atoms with E-state index in [9.17, 15) is 0 Å². The van der Waals surface area contributed by atoms with Crippen LogP contribution >= 0.6 is 0 Å². The van der Waals surface area contributed by atoms with Gasteiger partial charge < -0.3 is 10.6 Å². The lowest BCUT2D eigenvalue weighted by molar-refractivity contribution is 0.360. The van der Waals surface area contributed by atoms with Gasteiger partial charge in [-0.2, -0.15) is 0 Å². The molecule has 1 aromatic rings. The summed E-state index contributed by atoms with van der Waals surface area (Å²) >= 11 is 0. The third kappa shape index (κ3) is 2.04. The quantitative estimate of drug-likeness (QED) is 0.849. The van der Waals surface area contributed by atoms with Crippen LogP contribution in [0.15, 0.2) is 18.2 Å². The molecule has 0 radical (unpaired) electrons. The second kappa shape index (κ2) is 4.65. The molecule has 2 N–H and O–H groups in total. The molecule has 2 heterocycles. The van der Waals surface area contributed by atoms with Gasteiger partial charge in [-0.15, -0.1) is 0 Å². The zero-order chi connectivity index (χ0) is 11.7. The van der Waals surface area contributed by atoms with E-state index in [0.717, 1.165) is 23.5 Å². The molecule has 1 saturated carbocycles. The Bertz CT molecular complexity index is 391. The van der Waals surface area contributed by atoms with Gasteiger partial charge in [0.05, 0.1) is 5.69 Å². The lowest BCUT2D eigenvalue weighted by Crippen LogP contribution is -2.43. The van der Waals surface area contributed by atoms with Crippen LogP contribution in [-0.4, -0.2) is 17.6 Å². The van der Waals surface area contributed by atoms with Gasteiger partial charge in [-0.25, -0.2) is 4.98 Å². The van der Waals surface area contributed by atoms with Crippen LogP contribution in [0.1, 0.15) is 37.8 Å². The first-order valence-corrected chi connectivity index (χ1v) is 6.81. The van der Waals surface area contributed by atoms with Gasteiger partial charge in [0.1, 0.15) is 5.82 Å². The summed E-state index contributed by atoms with van der Waals surface area (Å²) in [6, 6.07) is 6.98. The zero-order valence-electron chi connectivity index (χ0n) is 10.3. The Morgan fingerprint density at radius 2 is 2.12 bits per heavy atom. The molecule has 2 atom stereocenters. The van der Waals surface area contributed by atoms with E-state index in [-0.39, 0.29) is 0 Å². The molecule has 92 valence electrons. The Morgan fingerprint density at radius 1 is 1.24 bits per heavy atom. The van der Waals surface area contributed by atoms with Gasteiger partial charge in [0.25, 0.3) is 0 Å². The average Bonchev–Trinajstić information content (AvgIpc) is 2.87. The Morgan fingerprint density at radius 3 is 3.00 bits per heavy atom. The summed E-state index contributed by atoms with van der Waals surface area (Å²) < 4.78 is 0. The summed E-state index contributed by atoms with van der Waals surface area (Å²) in [4.78, 5) is 7.20. The molecule has 0 spiro atoms. The Labute approximate surface area is 103 Å². The van der Waals surface area contributed by atoms with E-state index in [4.69, 9.17) is 5.73 Å². The number of aromatic nitrogens is 1. The first-order chi connectivity index (χ1) is 8.38. The molecule has 0 bridgehead atoms. The number of hydrogen-bond acceptors (Lipinski definition) is 3. The normalized spacial score (nSPS) is 28.2. The summed E-state index contributed by atoms with van der Waals surface area (Å²) in [5.41, 5.74) is 6.68. The van der Waals surface area contributed by atoms with E-state index < -0.39 is 0 Å². The van der Waals surface area contributed by atoms with Crippen molar-refractivity contribution in [2.24, 2.45) is 11.7 Å². The summed E-state index contributed by atoms with van der Waals surface area (Å²) in [6.07, 6.45) is 6.88. The monoisotopic (exact) mass is 231 g/mol. The first kappa shape index (κ1) is 11.0. The van der Waals surface area contributed by atoms with Crippen LogP contribution in [0.2, 0.25) is 0 Å². The fourth-order valence-corrected chi connectivity index (χ4v) is 3.48. The smallest absolute Gasteiger partial charge is 0.129 e. The molecule has 2 aliphatic rings. The van der Waals surface area contributed by atoms with Crippen molar-refractivity contribution in [3.8, 4) is 0 Å². The minimum atomic E-state index is 0.537. The molecule has 0 aromatic carbocycles. The van der Waals surface area contributed by atoms with E-state index >= 15 is 0 Å². The second-order valence-corrected chi connectivity index (χ2v) is 5.29. The molecule has 1 aromatic heterocycles. The topological polar surface area (TPSA) is 42.1 Å². The van der Waals surface area contributed by atoms with Crippen molar-refractivity contribution in [3.63, 3.8) is 0 Å². The molecular weight excluding hydrogens is 210 g/mol. The highest BCUT2D eigenvalue weighted by Crippen LogP contribution is 2.38. The van der Waals surface area contributed by atoms with E-state index in [1.807, 2.05) is 6.07 Å². The Kier molecular flexibility index (Phi) is 3.02. The Balaban J connectivity index is 1.86. The van der Waals surface area contributed by atoms with Gasteiger partial charge in [-0.3, -0.25) is 0 Å². The van der Waals surface area contributed by atoms with E-state index in [1.165, 1.54) is 38.6 Å². The van der Waals surface area contributed by atoms with Crippen molar-refractivity contribution in [2.45, 2.75) is 44.7 Å². The number of nitrogens with two attached hydrogens (primary N) is 1. The molecule has 2 fully saturated rings. The van der Waals surface area contributed by atoms with E-state index in [1.54, 1.807) is 0 Å². The van der Waals surface area contributed by atoms with Gasteiger partial charge in [-0.05, 0) is 43.7 Å². The van der Waals surface area contributed by atoms with E-state index in [0.29, 0.717) is 6.54 Å². The molecule has 3 nitrogen and oxygen atoms in total. The summed E-state index contributed by atoms with van der Waals surface area (Å²) in [6.45, 7) is 1.71. The molecule has 2 unspecified atom stereocenters. The summed E-state index contributed by atoms with van der Waals surface area (Å²) in [5.74, 6) is 2.05. The molecule has 3 rings (SSSR count). The lowest BCUT2D eigenvalue weighted by Gasteiger charge is -2.38. The van der Waals surface area contributed by atoms with Gasteiger partial charge in [0.15, 0.2) is 0 Å². The molecule has 1 aliphatic heterocycles. The minimum Gasteiger partial charge on any atom is -0.353 e. The number of piperidine rings is 1. The van der Waals surface area contributed by atoms with Crippen LogP contribution in [0.5, 0.6) is 0 Å². The maximum Gasteiger partial charge on any atom is 0.129 e. The van der Waals surface area contributed by atoms with Crippen molar-refractivity contribution in [3.05, 3.63) is 23.9 Å². The molecule has 17 heavy (non-hydrogen) atoms. The molecule has 1 aliphatic carbocycles. The van der Waals surface area contributed by atoms with Crippen LogP contribution in [0, 0.1) is 5.92 Å². The molecule has 3 heteroatoms. The predicted molar refractivity (Wildman–Crippen MR) is 69.8 cm³/mol. The molecule has 0 amide bonds. The van der Waals surface area contributed by atoms with Gasteiger partial charge >= 0.3 is 0 Å². The first-order valence-electron chi connectivity index (χ1n) is 6.81. The maximum atomic E-state index is 5.67. The van der Waals surface area contributed by atoms with Crippen molar-refractivity contribution in [2.75, 3.05) is 11.4 Å². The second-order valence-electron chi connectivity index (χ2n) is 5.29. The van der Waals surface area contributed by atoms with Gasteiger partial charge in [0.2, 0.25) is 0 Å². The third-order valence-corrected chi connectivity index (χ3v) is 4.29. The van der Waals surface area contributed by atoms with Gasteiger partial charge in [-0.1, -0.05) is 12.5 Å². The van der Waals surface area contributed by atoms with Gasteiger partial charge in [0, 0.05) is 19.1 Å². The molecular formula is C14H21N3. The van der Waals surface area contributed by atoms with Crippen LogP contribution in [-0.2, 0) is 6.54 Å². The van der Waals surface area contributed by atoms with Crippen LogP contribution < -0.4 is 10.6 Å². The summed E-state index contributed by atoms with van der Waals surface area (Å²) in [5, 5.41) is 0. The number of fused-ring (bicyclic) bond motifs is 1. The van der Waals surface area contributed by atoms with Crippen molar-refractivity contribution in [1.29, 1.82) is 0 Å². The number of nitrogens with zero attached hydrogens (tertiary/aromatic N) is 2. The maximum absolute atomic E-state index is 5.67. The number of hydrogen-bond donors (Lipinski definition) is 1. The highest BCUT2D eigenvalue weighted by molar-refractivity contribution is 5.41. The number of anilines is 1. The fraction of sp³-hybridized carbons (Fsp3) is 0.643. The predicted octanol–water partition coefficient (Wildman–Crippen LogP) is 2.31. The number of rotatable bonds is 2. The average molecular weight is 231 g/mol.